The van der Waals surface area contributed by atoms with Crippen molar-refractivity contribution in [2.45, 2.75) is 50.6 Å². The van der Waals surface area contributed by atoms with E-state index >= 15 is 0 Å². The Labute approximate surface area is 116 Å². The van der Waals surface area contributed by atoms with Crippen LogP contribution in [0.2, 0.25) is 0 Å². The monoisotopic (exact) mass is 290 g/mol. The van der Waals surface area contributed by atoms with Gasteiger partial charge in [-0.25, -0.2) is 12.7 Å². The van der Waals surface area contributed by atoms with Crippen LogP contribution in [0.1, 0.15) is 38.5 Å². The molecule has 6 heteroatoms. The van der Waals surface area contributed by atoms with E-state index in [1.54, 1.807) is 11.4 Å². The molecule has 2 saturated heterocycles. The number of hydrogen-bond acceptors (Lipinski definition) is 4. The minimum atomic E-state index is -3.12. The van der Waals surface area contributed by atoms with Crippen LogP contribution < -0.4 is 5.32 Å². The molecule has 2 rings (SSSR count). The smallest absolute Gasteiger partial charge is 0.214 e. The van der Waals surface area contributed by atoms with Gasteiger partial charge in [0.05, 0.1) is 5.75 Å². The Hall–Kier alpha value is -0.170. The SMILES string of the molecule is CN(C1CCOCC1)S(=O)(=O)CCC1CCCCN1. The van der Waals surface area contributed by atoms with Gasteiger partial charge in [0, 0.05) is 32.3 Å². The minimum absolute atomic E-state index is 0.123. The molecule has 5 nitrogen and oxygen atoms in total. The van der Waals surface area contributed by atoms with E-state index in [2.05, 4.69) is 5.32 Å². The number of nitrogens with zero attached hydrogens (tertiary/aromatic N) is 1. The van der Waals surface area contributed by atoms with E-state index in [1.165, 1.54) is 12.8 Å². The fourth-order valence-electron chi connectivity index (χ4n) is 2.88. The molecule has 2 heterocycles. The third-order valence-corrected chi connectivity index (χ3v) is 6.21. The van der Waals surface area contributed by atoms with Crippen molar-refractivity contribution >= 4 is 10.0 Å². The van der Waals surface area contributed by atoms with E-state index < -0.39 is 10.0 Å². The topological polar surface area (TPSA) is 58.6 Å². The van der Waals surface area contributed by atoms with E-state index in [4.69, 9.17) is 4.74 Å². The van der Waals surface area contributed by atoms with E-state index in [-0.39, 0.29) is 11.8 Å². The maximum Gasteiger partial charge on any atom is 0.214 e. The van der Waals surface area contributed by atoms with Crippen molar-refractivity contribution in [1.29, 1.82) is 0 Å². The van der Waals surface area contributed by atoms with E-state index in [9.17, 15) is 8.42 Å². The number of nitrogens with one attached hydrogen (secondary N) is 1. The quantitative estimate of drug-likeness (QED) is 0.819. The Kier molecular flexibility index (Phi) is 5.62. The molecule has 1 atom stereocenters. The van der Waals surface area contributed by atoms with Crippen LogP contribution in [0.4, 0.5) is 0 Å². The third-order valence-electron chi connectivity index (χ3n) is 4.28. The summed E-state index contributed by atoms with van der Waals surface area (Å²) in [6, 6.07) is 0.504. The van der Waals surface area contributed by atoms with E-state index in [0.29, 0.717) is 19.3 Å². The van der Waals surface area contributed by atoms with E-state index in [1.807, 2.05) is 0 Å². The first-order valence-electron chi connectivity index (χ1n) is 7.36. The molecule has 1 N–H and O–H groups in total. The van der Waals surface area contributed by atoms with Gasteiger partial charge in [0.1, 0.15) is 0 Å². The normalized spacial score (nSPS) is 26.7. The Morgan fingerprint density at radius 3 is 2.58 bits per heavy atom. The second kappa shape index (κ2) is 7.02. The van der Waals surface area contributed by atoms with Gasteiger partial charge in [-0.15, -0.1) is 0 Å². The average Bonchev–Trinajstić information content (AvgIpc) is 2.46. The third kappa shape index (κ3) is 4.41. The van der Waals surface area contributed by atoms with Gasteiger partial charge in [-0.05, 0) is 38.6 Å². The fraction of sp³-hybridized carbons (Fsp3) is 1.00. The lowest BCUT2D eigenvalue weighted by Gasteiger charge is -2.31. The molecular formula is C13H26N2O3S. The Morgan fingerprint density at radius 1 is 1.21 bits per heavy atom. The molecule has 2 fully saturated rings. The van der Waals surface area contributed by atoms with Crippen LogP contribution in [0.25, 0.3) is 0 Å². The second-order valence-corrected chi connectivity index (χ2v) is 7.76. The van der Waals surface area contributed by atoms with Gasteiger partial charge in [0.2, 0.25) is 10.0 Å². The van der Waals surface area contributed by atoms with Gasteiger partial charge < -0.3 is 10.1 Å². The molecule has 112 valence electrons. The van der Waals surface area contributed by atoms with Crippen LogP contribution in [-0.2, 0) is 14.8 Å². The van der Waals surface area contributed by atoms with Crippen molar-refractivity contribution in [3.05, 3.63) is 0 Å². The summed E-state index contributed by atoms with van der Waals surface area (Å²) in [4.78, 5) is 0. The molecule has 2 aliphatic heterocycles. The highest BCUT2D eigenvalue weighted by Crippen LogP contribution is 2.18. The van der Waals surface area contributed by atoms with Crippen molar-refractivity contribution in [2.24, 2.45) is 0 Å². The first-order chi connectivity index (χ1) is 9.09. The summed E-state index contributed by atoms with van der Waals surface area (Å²) in [7, 11) is -1.40. The van der Waals surface area contributed by atoms with Crippen molar-refractivity contribution in [3.63, 3.8) is 0 Å². The fourth-order valence-corrected chi connectivity index (χ4v) is 4.42. The summed E-state index contributed by atoms with van der Waals surface area (Å²) < 4.78 is 31.5. The molecule has 0 radical (unpaired) electrons. The van der Waals surface area contributed by atoms with Crippen LogP contribution in [-0.4, -0.2) is 57.4 Å². The number of sulfonamides is 1. The van der Waals surface area contributed by atoms with Gasteiger partial charge in [-0.2, -0.15) is 0 Å². The second-order valence-electron chi connectivity index (χ2n) is 5.61. The highest BCUT2D eigenvalue weighted by molar-refractivity contribution is 7.89. The highest BCUT2D eigenvalue weighted by Gasteiger charge is 2.28. The minimum Gasteiger partial charge on any atom is -0.381 e. The van der Waals surface area contributed by atoms with Crippen molar-refractivity contribution in [1.82, 2.24) is 9.62 Å². The number of ether oxygens (including phenoxy) is 1. The standard InChI is InChI=1S/C13H26N2O3S/c1-15(13-5-9-18-10-6-13)19(16,17)11-7-12-4-2-3-8-14-12/h12-14H,2-11H2,1H3. The molecule has 0 saturated carbocycles. The van der Waals surface area contributed by atoms with Crippen LogP contribution in [0.5, 0.6) is 0 Å². The van der Waals surface area contributed by atoms with Gasteiger partial charge >= 0.3 is 0 Å². The molecule has 0 aromatic heterocycles. The first-order valence-corrected chi connectivity index (χ1v) is 8.97. The largest absolute Gasteiger partial charge is 0.381 e. The van der Waals surface area contributed by atoms with Crippen molar-refractivity contribution in [2.75, 3.05) is 32.6 Å². The summed E-state index contributed by atoms with van der Waals surface area (Å²) in [5, 5.41) is 3.41. The lowest BCUT2D eigenvalue weighted by atomic mass is 10.0. The lowest BCUT2D eigenvalue weighted by molar-refractivity contribution is 0.0632. The maximum absolute atomic E-state index is 12.3. The number of piperidine rings is 1. The van der Waals surface area contributed by atoms with Crippen molar-refractivity contribution in [3.8, 4) is 0 Å². The molecular weight excluding hydrogens is 264 g/mol. The van der Waals surface area contributed by atoms with Gasteiger partial charge in [-0.1, -0.05) is 6.42 Å². The Morgan fingerprint density at radius 2 is 1.95 bits per heavy atom. The highest BCUT2D eigenvalue weighted by atomic mass is 32.2. The van der Waals surface area contributed by atoms with Crippen molar-refractivity contribution < 1.29 is 13.2 Å². The first kappa shape index (κ1) is 15.2. The summed E-state index contributed by atoms with van der Waals surface area (Å²) in [5.41, 5.74) is 0. The molecule has 0 spiro atoms. The summed E-state index contributed by atoms with van der Waals surface area (Å²) >= 11 is 0. The maximum atomic E-state index is 12.3. The summed E-state index contributed by atoms with van der Waals surface area (Å²) in [5.74, 6) is 0.262. The molecule has 19 heavy (non-hydrogen) atoms. The molecule has 2 aliphatic rings. The lowest BCUT2D eigenvalue weighted by Crippen LogP contribution is -2.43. The Balaban J connectivity index is 1.82. The number of rotatable bonds is 5. The molecule has 0 aliphatic carbocycles. The van der Waals surface area contributed by atoms with Gasteiger partial charge in [-0.3, -0.25) is 0 Å². The van der Waals surface area contributed by atoms with Gasteiger partial charge in [0.15, 0.2) is 0 Å². The Bertz CT molecular complexity index is 360. The van der Waals surface area contributed by atoms with Crippen LogP contribution in [0, 0.1) is 0 Å². The van der Waals surface area contributed by atoms with Crippen LogP contribution in [0.15, 0.2) is 0 Å². The number of hydrogen-bond donors (Lipinski definition) is 1. The zero-order valence-electron chi connectivity index (χ0n) is 11.8. The van der Waals surface area contributed by atoms with E-state index in [0.717, 1.165) is 32.2 Å². The predicted octanol–water partition coefficient (Wildman–Crippen LogP) is 0.959. The summed E-state index contributed by atoms with van der Waals surface area (Å²) in [6.07, 6.45) is 5.90. The predicted molar refractivity (Wildman–Crippen MR) is 75.6 cm³/mol. The molecule has 0 aromatic rings. The zero-order chi connectivity index (χ0) is 13.7. The molecule has 1 unspecified atom stereocenters. The summed E-state index contributed by atoms with van der Waals surface area (Å²) in [6.45, 7) is 2.38. The molecule has 0 amide bonds. The average molecular weight is 290 g/mol. The molecule has 0 aromatic carbocycles. The van der Waals surface area contributed by atoms with Crippen LogP contribution >= 0.6 is 0 Å². The molecule has 0 bridgehead atoms. The zero-order valence-corrected chi connectivity index (χ0v) is 12.6. The van der Waals surface area contributed by atoms with Gasteiger partial charge in [0.25, 0.3) is 0 Å². The van der Waals surface area contributed by atoms with Crippen LogP contribution in [0.3, 0.4) is 0 Å².